The summed E-state index contributed by atoms with van der Waals surface area (Å²) in [6, 6.07) is 3.47. The third-order valence-corrected chi connectivity index (χ3v) is 5.91. The van der Waals surface area contributed by atoms with Crippen LogP contribution >= 0.6 is 0 Å². The average molecular weight is 466 g/mol. The average Bonchev–Trinajstić information content (AvgIpc) is 2.77. The molecular weight excluding hydrogens is 433 g/mol. The molecule has 0 saturated carbocycles. The lowest BCUT2D eigenvalue weighted by atomic mass is 10.0. The van der Waals surface area contributed by atoms with Gasteiger partial charge in [-0.25, -0.2) is 14.0 Å². The maximum atomic E-state index is 14.0. The summed E-state index contributed by atoms with van der Waals surface area (Å²) < 4.78 is 19.5. The fourth-order valence-electron chi connectivity index (χ4n) is 4.11. The SMILES string of the molecule is CC(C)(C)OC(=O)N1CCN(C2CCN(C(=O)NCc3ccc([N+](=O)[O-])cc3F)CC2)CC1. The molecule has 1 aromatic rings. The quantitative estimate of drug-likeness (QED) is 0.541. The maximum Gasteiger partial charge on any atom is 0.410 e. The number of likely N-dealkylation sites (tertiary alicyclic amines) is 1. The molecule has 0 unspecified atom stereocenters. The maximum absolute atomic E-state index is 14.0. The lowest BCUT2D eigenvalue weighted by molar-refractivity contribution is -0.385. The van der Waals surface area contributed by atoms with Crippen molar-refractivity contribution < 1.29 is 23.6 Å². The molecule has 2 fully saturated rings. The number of non-ortho nitro benzene ring substituents is 1. The van der Waals surface area contributed by atoms with Crippen molar-refractivity contribution in [3.05, 3.63) is 39.7 Å². The van der Waals surface area contributed by atoms with Crippen molar-refractivity contribution in [2.75, 3.05) is 39.3 Å². The molecule has 0 spiro atoms. The Morgan fingerprint density at radius 1 is 1.12 bits per heavy atom. The molecule has 182 valence electrons. The molecular formula is C22H32FN5O5. The van der Waals surface area contributed by atoms with Crippen LogP contribution in [0.5, 0.6) is 0 Å². The van der Waals surface area contributed by atoms with E-state index in [0.717, 1.165) is 32.0 Å². The summed E-state index contributed by atoms with van der Waals surface area (Å²) in [4.78, 5) is 40.6. The van der Waals surface area contributed by atoms with Crippen LogP contribution in [0.3, 0.4) is 0 Å². The molecule has 2 saturated heterocycles. The second-order valence-electron chi connectivity index (χ2n) is 9.41. The Labute approximate surface area is 192 Å². The number of carbonyl (C=O) groups is 2. The summed E-state index contributed by atoms with van der Waals surface area (Å²) in [7, 11) is 0. The first kappa shape index (κ1) is 24.7. The summed E-state index contributed by atoms with van der Waals surface area (Å²) >= 11 is 0. The van der Waals surface area contributed by atoms with Crippen molar-refractivity contribution in [2.45, 2.75) is 51.8 Å². The Bertz CT molecular complexity index is 874. The van der Waals surface area contributed by atoms with Gasteiger partial charge in [-0.05, 0) is 39.7 Å². The Morgan fingerprint density at radius 3 is 2.30 bits per heavy atom. The lowest BCUT2D eigenvalue weighted by Crippen LogP contribution is -2.55. The van der Waals surface area contributed by atoms with Gasteiger partial charge in [0.25, 0.3) is 5.69 Å². The number of hydrogen-bond donors (Lipinski definition) is 1. The van der Waals surface area contributed by atoms with Gasteiger partial charge in [0.2, 0.25) is 0 Å². The number of carbonyl (C=O) groups excluding carboxylic acids is 2. The van der Waals surface area contributed by atoms with Gasteiger partial charge in [-0.3, -0.25) is 15.0 Å². The summed E-state index contributed by atoms with van der Waals surface area (Å²) in [5.74, 6) is -0.714. The van der Waals surface area contributed by atoms with E-state index in [4.69, 9.17) is 4.74 Å². The number of ether oxygens (including phenoxy) is 1. The molecule has 2 heterocycles. The smallest absolute Gasteiger partial charge is 0.410 e. The highest BCUT2D eigenvalue weighted by molar-refractivity contribution is 5.74. The van der Waals surface area contributed by atoms with E-state index in [1.54, 1.807) is 9.80 Å². The Kier molecular flexibility index (Phi) is 7.72. The van der Waals surface area contributed by atoms with Crippen LogP contribution < -0.4 is 5.32 Å². The number of piperazine rings is 1. The molecule has 0 aliphatic carbocycles. The first-order chi connectivity index (χ1) is 15.5. The van der Waals surface area contributed by atoms with Crippen molar-refractivity contribution in [1.29, 1.82) is 0 Å². The molecule has 0 bridgehead atoms. The number of amides is 3. The van der Waals surface area contributed by atoms with E-state index in [1.807, 2.05) is 20.8 Å². The summed E-state index contributed by atoms with van der Waals surface area (Å²) in [5.41, 5.74) is -0.630. The second-order valence-corrected chi connectivity index (χ2v) is 9.41. The third-order valence-electron chi connectivity index (χ3n) is 5.91. The van der Waals surface area contributed by atoms with Crippen LogP contribution in [-0.4, -0.2) is 82.7 Å². The van der Waals surface area contributed by atoms with Gasteiger partial charge in [0, 0.05) is 63.5 Å². The number of nitro groups is 1. The fourth-order valence-corrected chi connectivity index (χ4v) is 4.11. The van der Waals surface area contributed by atoms with E-state index in [0.29, 0.717) is 32.2 Å². The molecule has 0 atom stereocenters. The molecule has 10 nitrogen and oxygen atoms in total. The predicted octanol–water partition coefficient (Wildman–Crippen LogP) is 2.96. The van der Waals surface area contributed by atoms with Crippen LogP contribution in [0.4, 0.5) is 19.7 Å². The minimum Gasteiger partial charge on any atom is -0.444 e. The van der Waals surface area contributed by atoms with Gasteiger partial charge in [0.05, 0.1) is 11.0 Å². The fraction of sp³-hybridized carbons (Fsp3) is 0.636. The summed E-state index contributed by atoms with van der Waals surface area (Å²) in [5, 5.41) is 13.4. The minimum atomic E-state index is -0.714. The van der Waals surface area contributed by atoms with Gasteiger partial charge in [-0.1, -0.05) is 0 Å². The first-order valence-electron chi connectivity index (χ1n) is 11.2. The van der Waals surface area contributed by atoms with Crippen molar-refractivity contribution in [3.8, 4) is 0 Å². The van der Waals surface area contributed by atoms with Crippen molar-refractivity contribution in [2.24, 2.45) is 0 Å². The third kappa shape index (κ3) is 6.77. The van der Waals surface area contributed by atoms with Crippen molar-refractivity contribution in [3.63, 3.8) is 0 Å². The number of nitro benzene ring substituents is 1. The number of urea groups is 1. The molecule has 1 N–H and O–H groups in total. The molecule has 33 heavy (non-hydrogen) atoms. The minimum absolute atomic E-state index is 0.0325. The monoisotopic (exact) mass is 465 g/mol. The number of nitrogens with one attached hydrogen (secondary N) is 1. The molecule has 0 radical (unpaired) electrons. The zero-order valence-electron chi connectivity index (χ0n) is 19.4. The first-order valence-corrected chi connectivity index (χ1v) is 11.2. The Balaban J connectivity index is 1.40. The van der Waals surface area contributed by atoms with Gasteiger partial charge in [-0.15, -0.1) is 0 Å². The van der Waals surface area contributed by atoms with Crippen LogP contribution in [0.15, 0.2) is 18.2 Å². The van der Waals surface area contributed by atoms with E-state index in [9.17, 15) is 24.1 Å². The summed E-state index contributed by atoms with van der Waals surface area (Å²) in [6.07, 6.45) is 1.37. The second kappa shape index (κ2) is 10.3. The van der Waals surface area contributed by atoms with E-state index in [2.05, 4.69) is 10.2 Å². The standard InChI is InChI=1S/C22H32FN5O5/c1-22(2,3)33-21(30)27-12-10-25(11-13-27)17-6-8-26(9-7-17)20(29)24-15-16-4-5-18(28(31)32)14-19(16)23/h4-5,14,17H,6-13,15H2,1-3H3,(H,24,29). The Hall–Kier alpha value is -2.95. The van der Waals surface area contributed by atoms with Crippen LogP contribution in [0.1, 0.15) is 39.2 Å². The highest BCUT2D eigenvalue weighted by Gasteiger charge is 2.31. The predicted molar refractivity (Wildman–Crippen MR) is 119 cm³/mol. The highest BCUT2D eigenvalue weighted by Crippen LogP contribution is 2.20. The van der Waals surface area contributed by atoms with Gasteiger partial charge in [0.1, 0.15) is 11.4 Å². The van der Waals surface area contributed by atoms with E-state index in [-0.39, 0.29) is 29.9 Å². The highest BCUT2D eigenvalue weighted by atomic mass is 19.1. The normalized spacial score (nSPS) is 18.2. The topological polar surface area (TPSA) is 108 Å². The number of piperidine rings is 1. The molecule has 2 aliphatic heterocycles. The summed E-state index contributed by atoms with van der Waals surface area (Å²) in [6.45, 7) is 9.50. The van der Waals surface area contributed by atoms with Gasteiger partial charge >= 0.3 is 12.1 Å². The van der Waals surface area contributed by atoms with E-state index >= 15 is 0 Å². The van der Waals surface area contributed by atoms with E-state index < -0.39 is 16.3 Å². The number of benzene rings is 1. The Morgan fingerprint density at radius 2 is 1.76 bits per heavy atom. The largest absolute Gasteiger partial charge is 0.444 e. The van der Waals surface area contributed by atoms with Crippen molar-refractivity contribution >= 4 is 17.8 Å². The zero-order chi connectivity index (χ0) is 24.2. The van der Waals surface area contributed by atoms with Gasteiger partial charge in [0.15, 0.2) is 0 Å². The number of halogens is 1. The van der Waals surface area contributed by atoms with Crippen LogP contribution in [0, 0.1) is 15.9 Å². The number of nitrogens with zero attached hydrogens (tertiary/aromatic N) is 4. The van der Waals surface area contributed by atoms with Crippen LogP contribution in [0.25, 0.3) is 0 Å². The van der Waals surface area contributed by atoms with E-state index in [1.165, 1.54) is 12.1 Å². The molecule has 11 heteroatoms. The van der Waals surface area contributed by atoms with Crippen LogP contribution in [0.2, 0.25) is 0 Å². The van der Waals surface area contributed by atoms with Crippen molar-refractivity contribution in [1.82, 2.24) is 20.0 Å². The molecule has 3 amide bonds. The van der Waals surface area contributed by atoms with Gasteiger partial charge < -0.3 is 19.9 Å². The zero-order valence-corrected chi connectivity index (χ0v) is 19.4. The molecule has 1 aromatic carbocycles. The molecule has 0 aromatic heterocycles. The number of rotatable bonds is 4. The van der Waals surface area contributed by atoms with Crippen LogP contribution in [-0.2, 0) is 11.3 Å². The van der Waals surface area contributed by atoms with Gasteiger partial charge in [-0.2, -0.15) is 0 Å². The molecule has 3 rings (SSSR count). The molecule has 2 aliphatic rings. The number of hydrogen-bond acceptors (Lipinski definition) is 6. The lowest BCUT2D eigenvalue weighted by Gasteiger charge is -2.42.